The third-order valence-corrected chi connectivity index (χ3v) is 19.4. The molecule has 6 amide bonds. The van der Waals surface area contributed by atoms with E-state index in [4.69, 9.17) is 67.3 Å². The maximum atomic E-state index is 13.6. The van der Waals surface area contributed by atoms with Crippen LogP contribution in [0.4, 0.5) is 35.9 Å². The van der Waals surface area contributed by atoms with Gasteiger partial charge in [0.05, 0.1) is 42.0 Å². The van der Waals surface area contributed by atoms with Gasteiger partial charge in [0.1, 0.15) is 11.5 Å². The number of amides is 6. The summed E-state index contributed by atoms with van der Waals surface area (Å²) < 4.78 is 92.8. The predicted octanol–water partition coefficient (Wildman–Crippen LogP) is 14.3. The third kappa shape index (κ3) is 20.9. The zero-order chi connectivity index (χ0) is 68.8. The molecule has 2 saturated heterocycles. The average Bonchev–Trinajstić information content (AvgIpc) is 0.779. The van der Waals surface area contributed by atoms with Gasteiger partial charge in [0.25, 0.3) is 0 Å². The number of nitrogens with two attached hydrogens (primary N) is 2. The molecule has 0 bridgehead atoms. The minimum absolute atomic E-state index is 0. The number of para-hydroxylation sites is 2. The van der Waals surface area contributed by atoms with Crippen LogP contribution in [0.1, 0.15) is 73.6 Å². The lowest BCUT2D eigenvalue weighted by molar-refractivity contribution is -0.185. The number of piperidine rings is 2. The van der Waals surface area contributed by atoms with Crippen LogP contribution in [0.3, 0.4) is 0 Å². The van der Waals surface area contributed by atoms with Crippen molar-refractivity contribution in [3.05, 3.63) is 200 Å². The number of nitrogens with zero attached hydrogens (tertiary/aromatic N) is 6. The number of likely N-dealkylation sites (N-methyl/N-ethyl adjacent to an activating group) is 4. The Morgan fingerprint density at radius 3 is 1.01 bits per heavy atom. The fourth-order valence-corrected chi connectivity index (χ4v) is 13.1. The summed E-state index contributed by atoms with van der Waals surface area (Å²) >= 11 is 25.2. The Morgan fingerprint density at radius 1 is 0.459 bits per heavy atom. The van der Waals surface area contributed by atoms with E-state index in [9.17, 15) is 55.1 Å². The number of likely N-dealkylation sites (tertiary alicyclic amines) is 2. The normalized spacial score (nSPS) is 15.5. The fraction of sp³-hybridized carbons (Fsp3) is 0.382. The van der Waals surface area contributed by atoms with Crippen LogP contribution in [0.25, 0.3) is 0 Å². The van der Waals surface area contributed by atoms with Gasteiger partial charge in [0.2, 0.25) is 11.8 Å². The summed E-state index contributed by atoms with van der Waals surface area (Å²) in [7, 11) is 4.91. The summed E-state index contributed by atoms with van der Waals surface area (Å²) in [6.45, 7) is 2.14. The fourth-order valence-electron chi connectivity index (χ4n) is 12.5. The molecule has 2 aliphatic rings. The summed E-state index contributed by atoms with van der Waals surface area (Å²) in [5.74, 6) is -4.44. The van der Waals surface area contributed by atoms with Gasteiger partial charge in [-0.2, -0.15) is 53.3 Å². The Hall–Kier alpha value is -6.32. The van der Waals surface area contributed by atoms with E-state index in [0.29, 0.717) is 98.7 Å². The van der Waals surface area contributed by atoms with E-state index in [2.05, 4.69) is 9.80 Å². The van der Waals surface area contributed by atoms with E-state index >= 15 is 0 Å². The van der Waals surface area contributed by atoms with Crippen molar-refractivity contribution in [3.63, 3.8) is 0 Å². The minimum atomic E-state index is -5.14. The van der Waals surface area contributed by atoms with Crippen molar-refractivity contribution in [3.8, 4) is 11.5 Å². The Labute approximate surface area is 613 Å². The van der Waals surface area contributed by atoms with Crippen LogP contribution in [0.15, 0.2) is 158 Å². The van der Waals surface area contributed by atoms with Crippen molar-refractivity contribution in [2.45, 2.75) is 85.6 Å². The highest BCUT2D eigenvalue weighted by Gasteiger charge is 2.50. The molecule has 4 N–H and O–H groups in total. The zero-order valence-electron chi connectivity index (χ0n) is 54.0. The molecule has 2 atom stereocenters. The quantitative estimate of drug-likeness (QED) is 0.0618. The first-order valence-corrected chi connectivity index (χ1v) is 31.6. The lowest BCUT2D eigenvalue weighted by Gasteiger charge is -2.45. The molecule has 16 nitrogen and oxygen atoms in total. The number of hydrogen-bond acceptors (Lipinski definition) is 10. The highest BCUT2D eigenvalue weighted by atomic mass is 35.5. The lowest BCUT2D eigenvalue weighted by Crippen LogP contribution is -2.56. The van der Waals surface area contributed by atoms with Gasteiger partial charge >= 0.3 is 36.4 Å². The van der Waals surface area contributed by atoms with Crippen LogP contribution in [0.2, 0.25) is 20.1 Å². The van der Waals surface area contributed by atoms with Gasteiger partial charge in [-0.15, -0.1) is 24.8 Å². The highest BCUT2D eigenvalue weighted by molar-refractivity contribution is 7.59. The molecule has 30 heteroatoms. The highest BCUT2D eigenvalue weighted by Crippen LogP contribution is 2.43. The standard InChI is InChI=1S/2C34H37Cl2F3N4O4.2ClH.2H2S/c2*1-41(30(45)34(37,38)39)23-33(25-14-15-27(35)28(36)22-25,42(2)31(46)47-26-12-7-4-8-13-26)16-9-19-43-20-17-32(18-21-43,29(40)44)24-10-5-3-6-11-24;;;;/h2*3-8,10-15,22H,9,16-21,23H2,1-2H3,(H2,40,44);2*1H;2*1H2/t2*33-;;;;/m11..../s1. The molecule has 0 aromatic heterocycles. The first-order valence-electron chi connectivity index (χ1n) is 30.1. The summed E-state index contributed by atoms with van der Waals surface area (Å²) in [6.07, 6.45) is -8.95. The Balaban J connectivity index is 0.000000490. The molecular formula is C68H80Cl6F6N8O8S2. The molecule has 8 rings (SSSR count). The van der Waals surface area contributed by atoms with Crippen molar-refractivity contribution >= 4 is 134 Å². The molecule has 0 radical (unpaired) electrons. The van der Waals surface area contributed by atoms with Crippen LogP contribution < -0.4 is 20.9 Å². The molecule has 6 aromatic rings. The smallest absolute Gasteiger partial charge is 0.410 e. The monoisotopic (exact) mass is 1520 g/mol. The van der Waals surface area contributed by atoms with E-state index in [1.165, 1.54) is 48.2 Å². The summed E-state index contributed by atoms with van der Waals surface area (Å²) in [5.41, 5.74) is 9.63. The largest absolute Gasteiger partial charge is 0.471 e. The number of carbonyl (C=O) groups is 6. The van der Waals surface area contributed by atoms with Crippen LogP contribution >= 0.6 is 98.2 Å². The number of rotatable bonds is 22. The van der Waals surface area contributed by atoms with Gasteiger partial charge in [0.15, 0.2) is 0 Å². The van der Waals surface area contributed by atoms with Gasteiger partial charge in [0, 0.05) is 41.3 Å². The van der Waals surface area contributed by atoms with Gasteiger partial charge < -0.3 is 40.5 Å². The van der Waals surface area contributed by atoms with Crippen molar-refractivity contribution in [2.24, 2.45) is 11.5 Å². The molecule has 2 heterocycles. The maximum absolute atomic E-state index is 13.6. The molecule has 2 aliphatic heterocycles. The Kier molecular flexibility index (Phi) is 32.8. The molecule has 2 fully saturated rings. The number of ether oxygens (including phenoxy) is 2. The number of hydrogen-bond donors (Lipinski definition) is 2. The second-order valence-electron chi connectivity index (χ2n) is 23.6. The van der Waals surface area contributed by atoms with Crippen molar-refractivity contribution < 1.29 is 64.6 Å². The van der Waals surface area contributed by atoms with E-state index in [1.54, 1.807) is 72.8 Å². The lowest BCUT2D eigenvalue weighted by atomic mass is 9.72. The number of alkyl halides is 6. The first kappa shape index (κ1) is 85.9. The SMILES string of the molecule is CN(C[C@](CCCN1CCC(C(N)=O)(c2ccccc2)CC1)(c1ccc(Cl)c(Cl)c1)N(C)C(=O)Oc1ccccc1)C(=O)C(F)(F)F.CN(C[C@](CCCN1CCC(C(N)=O)(c2ccccc2)CC1)(c1ccc(Cl)c(Cl)c1)N(C)C(=O)Oc1ccccc1)C(=O)C(F)(F)F.Cl.Cl.S.S. The molecule has 0 unspecified atom stereocenters. The van der Waals surface area contributed by atoms with Crippen molar-refractivity contribution in [1.29, 1.82) is 0 Å². The van der Waals surface area contributed by atoms with E-state index in [0.717, 1.165) is 25.2 Å². The minimum Gasteiger partial charge on any atom is -0.410 e. The Bertz CT molecular complexity index is 3360. The summed E-state index contributed by atoms with van der Waals surface area (Å²) in [6, 6.07) is 44.4. The van der Waals surface area contributed by atoms with Gasteiger partial charge in [-0.3, -0.25) is 29.0 Å². The molecule has 6 aromatic carbocycles. The molecule has 0 aliphatic carbocycles. The van der Waals surface area contributed by atoms with Crippen molar-refractivity contribution in [2.75, 3.05) is 80.5 Å². The van der Waals surface area contributed by atoms with E-state index in [1.807, 2.05) is 60.7 Å². The van der Waals surface area contributed by atoms with Crippen LogP contribution in [-0.4, -0.2) is 158 Å². The number of halogens is 12. The van der Waals surface area contributed by atoms with Gasteiger partial charge in [-0.05, 0) is 161 Å². The third-order valence-electron chi connectivity index (χ3n) is 18.0. The van der Waals surface area contributed by atoms with Crippen LogP contribution in [0, 0.1) is 0 Å². The second kappa shape index (κ2) is 37.4. The molecular weight excluding hydrogens is 1450 g/mol. The van der Waals surface area contributed by atoms with Gasteiger partial charge in [-0.25, -0.2) is 9.59 Å². The number of carbonyl (C=O) groups excluding carboxylic acids is 6. The number of primary amides is 2. The topological polar surface area (TPSA) is 192 Å². The van der Waals surface area contributed by atoms with Crippen molar-refractivity contribution in [1.82, 2.24) is 29.4 Å². The molecule has 0 saturated carbocycles. The molecule has 98 heavy (non-hydrogen) atoms. The molecule has 536 valence electrons. The Morgan fingerprint density at radius 2 is 0.745 bits per heavy atom. The maximum Gasteiger partial charge on any atom is 0.471 e. The average molecular weight is 1530 g/mol. The summed E-state index contributed by atoms with van der Waals surface area (Å²) in [4.78, 5) is 85.2. The zero-order valence-corrected chi connectivity index (χ0v) is 60.7. The van der Waals surface area contributed by atoms with E-state index < -0.39 is 83.2 Å². The summed E-state index contributed by atoms with van der Waals surface area (Å²) in [5, 5.41) is 0.678. The van der Waals surface area contributed by atoms with Crippen LogP contribution in [-0.2, 0) is 41.1 Å². The second-order valence-corrected chi connectivity index (χ2v) is 25.3. The van der Waals surface area contributed by atoms with E-state index in [-0.39, 0.29) is 96.2 Å². The van der Waals surface area contributed by atoms with Gasteiger partial charge in [-0.1, -0.05) is 156 Å². The number of benzene rings is 6. The predicted molar refractivity (Wildman–Crippen MR) is 384 cm³/mol. The molecule has 0 spiro atoms. The first-order chi connectivity index (χ1) is 44.4. The van der Waals surface area contributed by atoms with Crippen LogP contribution in [0.5, 0.6) is 11.5 Å².